The first-order valence-electron chi connectivity index (χ1n) is 9.82. The van der Waals surface area contributed by atoms with Crippen molar-refractivity contribution in [2.45, 2.75) is 19.1 Å². The molecule has 0 saturated carbocycles. The maximum atomic E-state index is 13.0. The van der Waals surface area contributed by atoms with Gasteiger partial charge < -0.3 is 19.1 Å². The van der Waals surface area contributed by atoms with E-state index in [2.05, 4.69) is 0 Å². The SMILES string of the molecule is Cn1cccc1CN(CCC[NH+]1CCOCC1)C(=O)c1ccc(C(F)(F)F)cc1. The summed E-state index contributed by atoms with van der Waals surface area (Å²) in [7, 11) is 1.91. The van der Waals surface area contributed by atoms with Gasteiger partial charge in [0.2, 0.25) is 0 Å². The lowest BCUT2D eigenvalue weighted by Gasteiger charge is -2.26. The third kappa shape index (κ3) is 5.83. The molecule has 1 aliphatic rings. The van der Waals surface area contributed by atoms with Gasteiger partial charge in [-0.25, -0.2) is 0 Å². The molecule has 0 atom stereocenters. The molecule has 5 nitrogen and oxygen atoms in total. The summed E-state index contributed by atoms with van der Waals surface area (Å²) in [6, 6.07) is 8.30. The van der Waals surface area contributed by atoms with Crippen molar-refractivity contribution in [1.29, 1.82) is 0 Å². The highest BCUT2D eigenvalue weighted by molar-refractivity contribution is 5.94. The Hall–Kier alpha value is -2.32. The maximum absolute atomic E-state index is 13.0. The number of ether oxygens (including phenoxy) is 1. The monoisotopic (exact) mass is 410 g/mol. The van der Waals surface area contributed by atoms with Gasteiger partial charge in [0.15, 0.2) is 0 Å². The van der Waals surface area contributed by atoms with Crippen LogP contribution in [0.4, 0.5) is 13.2 Å². The van der Waals surface area contributed by atoms with Crippen molar-refractivity contribution in [3.8, 4) is 0 Å². The Kier molecular flexibility index (Phi) is 6.97. The van der Waals surface area contributed by atoms with Crippen LogP contribution in [-0.4, -0.2) is 54.8 Å². The van der Waals surface area contributed by atoms with E-state index in [4.69, 9.17) is 4.74 Å². The molecule has 1 amide bonds. The number of carbonyl (C=O) groups excluding carboxylic acids is 1. The summed E-state index contributed by atoms with van der Waals surface area (Å²) >= 11 is 0. The Bertz CT molecular complexity index is 796. The number of amides is 1. The third-order valence-corrected chi connectivity index (χ3v) is 5.31. The molecule has 1 aromatic carbocycles. The largest absolute Gasteiger partial charge is 0.416 e. The molecule has 29 heavy (non-hydrogen) atoms. The molecule has 1 aromatic heterocycles. The molecular formula is C21H27F3N3O2+. The van der Waals surface area contributed by atoms with Crippen molar-refractivity contribution in [2.24, 2.45) is 7.05 Å². The van der Waals surface area contributed by atoms with E-state index in [0.29, 0.717) is 13.1 Å². The Morgan fingerprint density at radius 1 is 1.17 bits per heavy atom. The smallest absolute Gasteiger partial charge is 0.370 e. The van der Waals surface area contributed by atoms with Gasteiger partial charge in [-0.3, -0.25) is 4.79 Å². The van der Waals surface area contributed by atoms with Crippen molar-refractivity contribution in [3.05, 3.63) is 59.4 Å². The topological polar surface area (TPSA) is 38.9 Å². The van der Waals surface area contributed by atoms with Gasteiger partial charge in [-0.05, 0) is 36.4 Å². The highest BCUT2D eigenvalue weighted by atomic mass is 19.4. The van der Waals surface area contributed by atoms with Crippen LogP contribution in [0.5, 0.6) is 0 Å². The van der Waals surface area contributed by atoms with Crippen molar-refractivity contribution in [2.75, 3.05) is 39.4 Å². The fourth-order valence-corrected chi connectivity index (χ4v) is 3.52. The summed E-state index contributed by atoms with van der Waals surface area (Å²) in [4.78, 5) is 16.2. The average molecular weight is 410 g/mol. The fraction of sp³-hybridized carbons (Fsp3) is 0.476. The van der Waals surface area contributed by atoms with E-state index >= 15 is 0 Å². The molecule has 1 N–H and O–H groups in total. The molecule has 8 heteroatoms. The predicted molar refractivity (Wildman–Crippen MR) is 103 cm³/mol. The maximum Gasteiger partial charge on any atom is 0.416 e. The minimum Gasteiger partial charge on any atom is -0.370 e. The highest BCUT2D eigenvalue weighted by Crippen LogP contribution is 2.29. The zero-order valence-corrected chi connectivity index (χ0v) is 16.5. The van der Waals surface area contributed by atoms with Crippen LogP contribution in [0, 0.1) is 0 Å². The van der Waals surface area contributed by atoms with E-state index in [1.54, 1.807) is 4.90 Å². The normalized spacial score (nSPS) is 15.4. The summed E-state index contributed by atoms with van der Waals surface area (Å²) in [6.07, 6.45) is -1.68. The molecule has 0 unspecified atom stereocenters. The van der Waals surface area contributed by atoms with Crippen molar-refractivity contribution < 1.29 is 27.6 Å². The number of nitrogens with one attached hydrogen (secondary N) is 1. The lowest BCUT2D eigenvalue weighted by Crippen LogP contribution is -3.14. The van der Waals surface area contributed by atoms with E-state index in [-0.39, 0.29) is 11.5 Å². The molecule has 3 rings (SSSR count). The molecule has 0 radical (unpaired) electrons. The summed E-state index contributed by atoms with van der Waals surface area (Å²) < 4.78 is 45.7. The molecule has 2 aromatic rings. The summed E-state index contributed by atoms with van der Waals surface area (Å²) in [5, 5.41) is 0. The zero-order chi connectivity index (χ0) is 20.9. The van der Waals surface area contributed by atoms with Gasteiger partial charge in [-0.2, -0.15) is 13.2 Å². The van der Waals surface area contributed by atoms with Gasteiger partial charge >= 0.3 is 6.18 Å². The quantitative estimate of drug-likeness (QED) is 0.758. The summed E-state index contributed by atoms with van der Waals surface area (Å²) in [5.74, 6) is -0.253. The number of carbonyl (C=O) groups is 1. The second kappa shape index (κ2) is 9.45. The van der Waals surface area contributed by atoms with Gasteiger partial charge in [0, 0.05) is 37.5 Å². The van der Waals surface area contributed by atoms with Crippen LogP contribution in [0.25, 0.3) is 0 Å². The molecule has 0 spiro atoms. The lowest BCUT2D eigenvalue weighted by molar-refractivity contribution is -0.908. The van der Waals surface area contributed by atoms with Gasteiger partial charge in [-0.15, -0.1) is 0 Å². The Morgan fingerprint density at radius 3 is 2.45 bits per heavy atom. The van der Waals surface area contributed by atoms with Gasteiger partial charge in [-0.1, -0.05) is 0 Å². The number of benzene rings is 1. The zero-order valence-electron chi connectivity index (χ0n) is 16.5. The fourth-order valence-electron chi connectivity index (χ4n) is 3.52. The minimum absolute atomic E-state index is 0.253. The number of hydrogen-bond donors (Lipinski definition) is 1. The van der Waals surface area contributed by atoms with Crippen LogP contribution in [0.2, 0.25) is 0 Å². The average Bonchev–Trinajstić information content (AvgIpc) is 3.11. The summed E-state index contributed by atoms with van der Waals surface area (Å²) in [6.45, 7) is 5.35. The first-order valence-corrected chi connectivity index (χ1v) is 9.82. The van der Waals surface area contributed by atoms with Crippen LogP contribution in [0.1, 0.15) is 28.0 Å². The number of morpholine rings is 1. The number of halogens is 3. The number of alkyl halides is 3. The first kappa shape index (κ1) is 21.4. The van der Waals surface area contributed by atoms with Crippen LogP contribution < -0.4 is 4.90 Å². The van der Waals surface area contributed by atoms with Crippen LogP contribution in [0.15, 0.2) is 42.6 Å². The molecule has 0 aliphatic carbocycles. The summed E-state index contributed by atoms with van der Waals surface area (Å²) in [5.41, 5.74) is 0.494. The van der Waals surface area contributed by atoms with Gasteiger partial charge in [0.1, 0.15) is 13.1 Å². The minimum atomic E-state index is -4.41. The Balaban J connectivity index is 1.69. The van der Waals surface area contributed by atoms with E-state index in [1.165, 1.54) is 17.0 Å². The second-order valence-electron chi connectivity index (χ2n) is 7.38. The molecule has 158 valence electrons. The van der Waals surface area contributed by atoms with E-state index in [1.807, 2.05) is 29.9 Å². The van der Waals surface area contributed by atoms with Gasteiger partial charge in [0.05, 0.1) is 31.9 Å². The van der Waals surface area contributed by atoms with E-state index in [9.17, 15) is 18.0 Å². The second-order valence-corrected chi connectivity index (χ2v) is 7.38. The number of quaternary nitrogens is 1. The molecule has 1 fully saturated rings. The lowest BCUT2D eigenvalue weighted by atomic mass is 10.1. The molecular weight excluding hydrogens is 383 g/mol. The number of hydrogen-bond acceptors (Lipinski definition) is 2. The van der Waals surface area contributed by atoms with E-state index in [0.717, 1.165) is 57.1 Å². The highest BCUT2D eigenvalue weighted by Gasteiger charge is 2.30. The predicted octanol–water partition coefficient (Wildman–Crippen LogP) is 1.99. The Labute approximate surface area is 168 Å². The molecule has 1 aliphatic heterocycles. The molecule has 0 bridgehead atoms. The first-order chi connectivity index (χ1) is 13.8. The number of nitrogens with zero attached hydrogens (tertiary/aromatic N) is 2. The number of aromatic nitrogens is 1. The molecule has 2 heterocycles. The van der Waals surface area contributed by atoms with Crippen molar-refractivity contribution >= 4 is 5.91 Å². The third-order valence-electron chi connectivity index (χ3n) is 5.31. The Morgan fingerprint density at radius 2 is 1.86 bits per heavy atom. The standard InChI is InChI=1S/C21H26F3N3O2/c1-25-9-2-4-19(25)16-27(11-3-10-26-12-14-29-15-13-26)20(28)17-5-7-18(8-6-17)21(22,23)24/h2,4-9H,3,10-16H2,1H3/p+1. The van der Waals surface area contributed by atoms with Crippen molar-refractivity contribution in [3.63, 3.8) is 0 Å². The molecule has 1 saturated heterocycles. The van der Waals surface area contributed by atoms with Crippen LogP contribution in [-0.2, 0) is 24.5 Å². The van der Waals surface area contributed by atoms with Gasteiger partial charge in [0.25, 0.3) is 5.91 Å². The number of aryl methyl sites for hydroxylation is 1. The van der Waals surface area contributed by atoms with Crippen LogP contribution in [0.3, 0.4) is 0 Å². The van der Waals surface area contributed by atoms with Crippen molar-refractivity contribution in [1.82, 2.24) is 9.47 Å². The van der Waals surface area contributed by atoms with E-state index < -0.39 is 11.7 Å². The van der Waals surface area contributed by atoms with Crippen LogP contribution >= 0.6 is 0 Å². The number of rotatable bonds is 7.